The lowest BCUT2D eigenvalue weighted by molar-refractivity contribution is -0.129. The van der Waals surface area contributed by atoms with E-state index in [-0.39, 0.29) is 17.7 Å². The molecule has 0 aliphatic heterocycles. The fourth-order valence-electron chi connectivity index (χ4n) is 2.16. The summed E-state index contributed by atoms with van der Waals surface area (Å²) >= 11 is 1.49. The normalized spacial score (nSPS) is 13.3. The predicted octanol–water partition coefficient (Wildman–Crippen LogP) is 2.48. The summed E-state index contributed by atoms with van der Waals surface area (Å²) in [5.41, 5.74) is 1.29. The van der Waals surface area contributed by atoms with Gasteiger partial charge in [-0.2, -0.15) is 13.6 Å². The summed E-state index contributed by atoms with van der Waals surface area (Å²) in [6, 6.07) is 6.24. The minimum absolute atomic E-state index is 0.0652. The number of thiazole rings is 1. The van der Waals surface area contributed by atoms with E-state index in [1.807, 2.05) is 33.1 Å². The maximum Gasteiger partial charge on any atom is 0.380 e. The van der Waals surface area contributed by atoms with Gasteiger partial charge in [0.25, 0.3) is 0 Å². The number of benzene rings is 1. The van der Waals surface area contributed by atoms with E-state index < -0.39 is 15.7 Å². The van der Waals surface area contributed by atoms with Gasteiger partial charge in [-0.3, -0.25) is 4.79 Å². The number of carbonyl (C=O) groups is 1. The zero-order valence-corrected chi connectivity index (χ0v) is 16.8. The molecule has 0 saturated heterocycles. The predicted molar refractivity (Wildman–Crippen MR) is 101 cm³/mol. The van der Waals surface area contributed by atoms with Gasteiger partial charge >= 0.3 is 10.3 Å². The number of aromatic nitrogens is 1. The highest BCUT2D eigenvalue weighted by Crippen LogP contribution is 2.25. The van der Waals surface area contributed by atoms with Gasteiger partial charge in [-0.15, -0.1) is 11.3 Å². The van der Waals surface area contributed by atoms with Crippen molar-refractivity contribution in [3.63, 3.8) is 0 Å². The van der Waals surface area contributed by atoms with E-state index in [2.05, 4.69) is 14.5 Å². The van der Waals surface area contributed by atoms with E-state index in [4.69, 9.17) is 5.14 Å². The lowest BCUT2D eigenvalue weighted by Gasteiger charge is -2.23. The van der Waals surface area contributed by atoms with Crippen molar-refractivity contribution in [1.82, 2.24) is 10.3 Å². The Labute approximate surface area is 157 Å². The number of nitrogens with one attached hydrogen (secondary N) is 1. The Balaban J connectivity index is 2.19. The van der Waals surface area contributed by atoms with Gasteiger partial charge in [0.1, 0.15) is 10.8 Å². The van der Waals surface area contributed by atoms with Crippen LogP contribution in [0.4, 0.5) is 0 Å². The first-order chi connectivity index (χ1) is 11.9. The zero-order valence-electron chi connectivity index (χ0n) is 15.1. The van der Waals surface area contributed by atoms with E-state index in [0.717, 1.165) is 16.3 Å². The maximum atomic E-state index is 12.4. The van der Waals surface area contributed by atoms with Crippen molar-refractivity contribution in [3.8, 4) is 5.75 Å². The second-order valence-electron chi connectivity index (χ2n) is 7.03. The van der Waals surface area contributed by atoms with Gasteiger partial charge in [0.15, 0.2) is 0 Å². The van der Waals surface area contributed by atoms with Crippen molar-refractivity contribution >= 4 is 27.5 Å². The molecule has 1 aromatic carbocycles. The molecule has 2 aromatic rings. The summed E-state index contributed by atoms with van der Waals surface area (Å²) < 4.78 is 26.6. The minimum atomic E-state index is -4.05. The fourth-order valence-corrected chi connectivity index (χ4v) is 3.38. The van der Waals surface area contributed by atoms with Crippen LogP contribution in [0.25, 0.3) is 0 Å². The average Bonchev–Trinajstić information content (AvgIpc) is 2.92. The molecule has 0 unspecified atom stereocenters. The van der Waals surface area contributed by atoms with Gasteiger partial charge in [0.2, 0.25) is 5.91 Å². The van der Waals surface area contributed by atoms with E-state index in [1.54, 1.807) is 12.1 Å². The topological polar surface area (TPSA) is 111 Å². The number of rotatable bonds is 6. The molecular weight excluding hydrogens is 374 g/mol. The number of nitrogens with two attached hydrogens (primary N) is 1. The Morgan fingerprint density at radius 3 is 2.38 bits per heavy atom. The molecule has 0 fully saturated rings. The molecule has 3 N–H and O–H groups in total. The molecule has 9 heteroatoms. The van der Waals surface area contributed by atoms with Crippen LogP contribution < -0.4 is 14.6 Å². The van der Waals surface area contributed by atoms with Gasteiger partial charge in [-0.1, -0.05) is 32.9 Å². The highest BCUT2D eigenvalue weighted by molar-refractivity contribution is 7.84. The molecule has 1 atom stereocenters. The summed E-state index contributed by atoms with van der Waals surface area (Å²) in [6.07, 6.45) is 0.518. The second kappa shape index (κ2) is 7.73. The molecule has 1 aromatic heterocycles. The van der Waals surface area contributed by atoms with Crippen LogP contribution in [-0.2, 0) is 21.5 Å². The van der Waals surface area contributed by atoms with Crippen LogP contribution in [0.3, 0.4) is 0 Å². The standard InChI is InChI=1S/C17H23N3O4S2/c1-11-10-25-15(19-11)14(20-16(21)17(2,3)4)9-12-5-7-13(8-6-12)24-26(18,22)23/h5-8,10,14H,9H2,1-4H3,(H,20,21)(H2,18,22,23)/t14-/m0/s1. The Kier molecular flexibility index (Phi) is 6.05. The van der Waals surface area contributed by atoms with Crippen molar-refractivity contribution in [1.29, 1.82) is 0 Å². The maximum absolute atomic E-state index is 12.4. The number of aryl methyl sites for hydroxylation is 1. The SMILES string of the molecule is Cc1csc([C@H](Cc2ccc(OS(N)(=O)=O)cc2)NC(=O)C(C)(C)C)n1. The van der Waals surface area contributed by atoms with E-state index in [0.29, 0.717) is 6.42 Å². The molecule has 2 rings (SSSR count). The quantitative estimate of drug-likeness (QED) is 0.778. The Bertz CT molecular complexity index is 868. The van der Waals surface area contributed by atoms with Crippen LogP contribution >= 0.6 is 11.3 Å². The first-order valence-electron chi connectivity index (χ1n) is 7.98. The first-order valence-corrected chi connectivity index (χ1v) is 10.3. The summed E-state index contributed by atoms with van der Waals surface area (Å²) in [5.74, 6) is 0.0705. The van der Waals surface area contributed by atoms with E-state index in [9.17, 15) is 13.2 Å². The van der Waals surface area contributed by atoms with Crippen molar-refractivity contribution < 1.29 is 17.4 Å². The van der Waals surface area contributed by atoms with E-state index in [1.165, 1.54) is 23.5 Å². The fraction of sp³-hybridized carbons (Fsp3) is 0.412. The van der Waals surface area contributed by atoms with Crippen LogP contribution in [0.1, 0.15) is 43.1 Å². The highest BCUT2D eigenvalue weighted by Gasteiger charge is 2.26. The molecule has 0 spiro atoms. The Hall–Kier alpha value is -1.97. The lowest BCUT2D eigenvalue weighted by atomic mass is 9.94. The first kappa shape index (κ1) is 20.3. The van der Waals surface area contributed by atoms with Gasteiger partial charge < -0.3 is 9.50 Å². The molecule has 0 bridgehead atoms. The molecule has 0 saturated carbocycles. The minimum Gasteiger partial charge on any atom is -0.371 e. The number of amides is 1. The van der Waals surface area contributed by atoms with Crippen LogP contribution in [0, 0.1) is 12.3 Å². The van der Waals surface area contributed by atoms with Crippen molar-refractivity contribution in [2.75, 3.05) is 0 Å². The molecule has 0 aliphatic rings. The third-order valence-corrected chi connectivity index (χ3v) is 5.00. The Morgan fingerprint density at radius 1 is 1.31 bits per heavy atom. The van der Waals surface area contributed by atoms with Crippen LogP contribution in [-0.4, -0.2) is 19.3 Å². The molecule has 1 amide bonds. The number of carbonyl (C=O) groups excluding carboxylic acids is 1. The molecule has 0 aliphatic carbocycles. The average molecular weight is 398 g/mol. The summed E-state index contributed by atoms with van der Waals surface area (Å²) in [5, 5.41) is 10.7. The van der Waals surface area contributed by atoms with Gasteiger partial charge in [0.05, 0.1) is 6.04 Å². The molecule has 142 valence electrons. The van der Waals surface area contributed by atoms with Gasteiger partial charge in [-0.05, 0) is 31.0 Å². The molecule has 0 radical (unpaired) electrons. The largest absolute Gasteiger partial charge is 0.380 e. The molecule has 7 nitrogen and oxygen atoms in total. The van der Waals surface area contributed by atoms with Crippen molar-refractivity contribution in [2.24, 2.45) is 10.6 Å². The number of hydrogen-bond donors (Lipinski definition) is 2. The summed E-state index contributed by atoms with van der Waals surface area (Å²) in [6.45, 7) is 7.46. The second-order valence-corrected chi connectivity index (χ2v) is 9.07. The number of hydrogen-bond acceptors (Lipinski definition) is 6. The van der Waals surface area contributed by atoms with Gasteiger partial charge in [-0.25, -0.2) is 4.98 Å². The molecular formula is C17H23N3O4S2. The van der Waals surface area contributed by atoms with Crippen molar-refractivity contribution in [2.45, 2.75) is 40.2 Å². The van der Waals surface area contributed by atoms with Crippen molar-refractivity contribution in [3.05, 3.63) is 45.9 Å². The van der Waals surface area contributed by atoms with Crippen LogP contribution in [0.15, 0.2) is 29.6 Å². The molecule has 26 heavy (non-hydrogen) atoms. The Morgan fingerprint density at radius 2 is 1.92 bits per heavy atom. The summed E-state index contributed by atoms with van der Waals surface area (Å²) in [7, 11) is -4.05. The third-order valence-electron chi connectivity index (χ3n) is 3.50. The zero-order chi connectivity index (χ0) is 19.5. The van der Waals surface area contributed by atoms with Gasteiger partial charge in [0, 0.05) is 16.5 Å². The van der Waals surface area contributed by atoms with Crippen LogP contribution in [0.5, 0.6) is 5.75 Å². The lowest BCUT2D eigenvalue weighted by Crippen LogP contribution is -2.38. The summed E-state index contributed by atoms with van der Waals surface area (Å²) in [4.78, 5) is 16.9. The number of nitrogens with zero attached hydrogens (tertiary/aromatic N) is 1. The van der Waals surface area contributed by atoms with Crippen LogP contribution in [0.2, 0.25) is 0 Å². The monoisotopic (exact) mass is 397 g/mol. The highest BCUT2D eigenvalue weighted by atomic mass is 32.2. The third kappa shape index (κ3) is 6.08. The van der Waals surface area contributed by atoms with E-state index >= 15 is 0 Å². The smallest absolute Gasteiger partial charge is 0.371 e. The molecule has 1 heterocycles.